The number of rotatable bonds is 5. The normalized spacial score (nSPS) is 18.8. The fourth-order valence-electron chi connectivity index (χ4n) is 2.44. The maximum atomic E-state index is 12.0. The third kappa shape index (κ3) is 3.77. The molecule has 0 saturated carbocycles. The highest BCUT2D eigenvalue weighted by Crippen LogP contribution is 2.19. The Bertz CT molecular complexity index is 504. The second-order valence-electron chi connectivity index (χ2n) is 5.29. The molecule has 1 fully saturated rings. The molecular weight excluding hydrogens is 264 g/mol. The molecule has 0 amide bonds. The van der Waals surface area contributed by atoms with Gasteiger partial charge in [-0.2, -0.15) is 5.10 Å². The molecule has 0 aliphatic carbocycles. The summed E-state index contributed by atoms with van der Waals surface area (Å²) in [7, 11) is -1.29. The van der Waals surface area contributed by atoms with Gasteiger partial charge in [0.05, 0.1) is 11.9 Å². The van der Waals surface area contributed by atoms with Gasteiger partial charge < -0.3 is 4.90 Å². The van der Waals surface area contributed by atoms with E-state index in [1.54, 1.807) is 6.92 Å². The van der Waals surface area contributed by atoms with Crippen molar-refractivity contribution in [3.8, 4) is 0 Å². The number of H-pyrrole nitrogens is 1. The minimum Gasteiger partial charge on any atom is -0.306 e. The molecule has 2 heterocycles. The molecule has 0 bridgehead atoms. The van der Waals surface area contributed by atoms with E-state index in [2.05, 4.69) is 26.9 Å². The topological polar surface area (TPSA) is 78.1 Å². The van der Waals surface area contributed by atoms with Crippen molar-refractivity contribution in [3.63, 3.8) is 0 Å². The molecular formula is C12H22N4O2S. The highest BCUT2D eigenvalue weighted by atomic mass is 32.2. The van der Waals surface area contributed by atoms with Gasteiger partial charge in [-0.25, -0.2) is 13.1 Å². The van der Waals surface area contributed by atoms with Crippen LogP contribution in [0.2, 0.25) is 0 Å². The van der Waals surface area contributed by atoms with Gasteiger partial charge in [-0.1, -0.05) is 0 Å². The van der Waals surface area contributed by atoms with Crippen LogP contribution in [0.3, 0.4) is 0 Å². The van der Waals surface area contributed by atoms with E-state index in [-0.39, 0.29) is 4.90 Å². The van der Waals surface area contributed by atoms with Gasteiger partial charge in [0, 0.05) is 6.54 Å². The average Bonchev–Trinajstić information content (AvgIpc) is 2.79. The van der Waals surface area contributed by atoms with Crippen molar-refractivity contribution in [2.24, 2.45) is 5.92 Å². The van der Waals surface area contributed by atoms with Crippen molar-refractivity contribution in [2.45, 2.75) is 31.1 Å². The Hall–Kier alpha value is -0.920. The van der Waals surface area contributed by atoms with Gasteiger partial charge in [0.15, 0.2) is 0 Å². The summed E-state index contributed by atoms with van der Waals surface area (Å²) in [4.78, 5) is 2.56. The molecule has 108 valence electrons. The lowest BCUT2D eigenvalue weighted by atomic mass is 9.94. The Labute approximate surface area is 114 Å². The largest absolute Gasteiger partial charge is 0.306 e. The summed E-state index contributed by atoms with van der Waals surface area (Å²) in [6.45, 7) is 4.43. The van der Waals surface area contributed by atoms with Crippen LogP contribution in [0.5, 0.6) is 0 Å². The van der Waals surface area contributed by atoms with Crippen molar-refractivity contribution in [1.82, 2.24) is 19.8 Å². The number of aryl methyl sites for hydroxylation is 1. The van der Waals surface area contributed by atoms with Gasteiger partial charge in [-0.15, -0.1) is 0 Å². The van der Waals surface area contributed by atoms with Gasteiger partial charge in [-0.05, 0) is 52.2 Å². The van der Waals surface area contributed by atoms with Crippen LogP contribution in [0.15, 0.2) is 11.1 Å². The molecule has 19 heavy (non-hydrogen) atoms. The number of sulfonamides is 1. The maximum Gasteiger partial charge on any atom is 0.243 e. The highest BCUT2D eigenvalue weighted by molar-refractivity contribution is 7.89. The summed E-state index contributed by atoms with van der Waals surface area (Å²) in [6.07, 6.45) is 4.57. The number of hydrogen-bond donors (Lipinski definition) is 2. The summed E-state index contributed by atoms with van der Waals surface area (Å²) < 4.78 is 26.7. The van der Waals surface area contributed by atoms with Crippen molar-refractivity contribution in [2.75, 3.05) is 26.7 Å². The summed E-state index contributed by atoms with van der Waals surface area (Å²) >= 11 is 0. The predicted molar refractivity (Wildman–Crippen MR) is 73.4 cm³/mol. The molecule has 1 saturated heterocycles. The van der Waals surface area contributed by atoms with Crippen LogP contribution in [0.4, 0.5) is 0 Å². The lowest BCUT2D eigenvalue weighted by molar-refractivity contribution is 0.213. The second-order valence-corrected chi connectivity index (χ2v) is 7.03. The number of hydrogen-bond acceptors (Lipinski definition) is 4. The summed E-state index contributed by atoms with van der Waals surface area (Å²) in [5.41, 5.74) is 0.576. The first-order valence-corrected chi connectivity index (χ1v) is 8.15. The van der Waals surface area contributed by atoms with Crippen molar-refractivity contribution < 1.29 is 8.42 Å². The molecule has 1 aliphatic heterocycles. The van der Waals surface area contributed by atoms with Crippen LogP contribution in [0.1, 0.15) is 25.0 Å². The number of likely N-dealkylation sites (tertiary alicyclic amines) is 1. The molecule has 7 heteroatoms. The van der Waals surface area contributed by atoms with Crippen LogP contribution in [-0.4, -0.2) is 50.2 Å². The first-order chi connectivity index (χ1) is 8.99. The van der Waals surface area contributed by atoms with E-state index in [9.17, 15) is 8.42 Å². The van der Waals surface area contributed by atoms with E-state index in [1.165, 1.54) is 6.20 Å². The number of nitrogens with one attached hydrogen (secondary N) is 2. The van der Waals surface area contributed by atoms with E-state index in [0.29, 0.717) is 18.2 Å². The van der Waals surface area contributed by atoms with E-state index in [1.807, 2.05) is 0 Å². The Balaban J connectivity index is 1.81. The molecule has 0 radical (unpaired) electrons. The van der Waals surface area contributed by atoms with E-state index >= 15 is 0 Å². The quantitative estimate of drug-likeness (QED) is 0.836. The van der Waals surface area contributed by atoms with Crippen molar-refractivity contribution in [1.29, 1.82) is 0 Å². The van der Waals surface area contributed by atoms with E-state index in [4.69, 9.17) is 0 Å². The lowest BCUT2D eigenvalue weighted by Crippen LogP contribution is -2.32. The SMILES string of the molecule is Cc1[nH]ncc1S(=O)(=O)NCCC1CCN(C)CC1. The minimum absolute atomic E-state index is 0.246. The zero-order valence-electron chi connectivity index (χ0n) is 11.5. The highest BCUT2D eigenvalue weighted by Gasteiger charge is 2.20. The van der Waals surface area contributed by atoms with Crippen LogP contribution in [0, 0.1) is 12.8 Å². The molecule has 6 nitrogen and oxygen atoms in total. The summed E-state index contributed by atoms with van der Waals surface area (Å²) in [5.74, 6) is 0.629. The molecule has 0 aromatic carbocycles. The Morgan fingerprint density at radius 3 is 2.74 bits per heavy atom. The molecule has 0 unspecified atom stereocenters. The fourth-order valence-corrected chi connectivity index (χ4v) is 3.62. The molecule has 0 atom stereocenters. The molecule has 2 rings (SSSR count). The van der Waals surface area contributed by atoms with Gasteiger partial charge in [0.25, 0.3) is 0 Å². The summed E-state index contributed by atoms with van der Waals surface area (Å²) in [5, 5.41) is 6.39. The van der Waals surface area contributed by atoms with Crippen LogP contribution in [0.25, 0.3) is 0 Å². The first-order valence-electron chi connectivity index (χ1n) is 6.67. The first kappa shape index (κ1) is 14.5. The van der Waals surface area contributed by atoms with Crippen LogP contribution >= 0.6 is 0 Å². The Kier molecular flexibility index (Phi) is 4.59. The zero-order valence-corrected chi connectivity index (χ0v) is 12.3. The molecule has 0 spiro atoms. The fraction of sp³-hybridized carbons (Fsp3) is 0.750. The molecule has 1 aliphatic rings. The van der Waals surface area contributed by atoms with Crippen molar-refractivity contribution >= 4 is 10.0 Å². The Morgan fingerprint density at radius 1 is 1.47 bits per heavy atom. The predicted octanol–water partition coefficient (Wildman–Crippen LogP) is 0.728. The average molecular weight is 286 g/mol. The molecule has 1 aromatic rings. The van der Waals surface area contributed by atoms with Crippen molar-refractivity contribution in [3.05, 3.63) is 11.9 Å². The number of piperidine rings is 1. The molecule has 2 N–H and O–H groups in total. The standard InChI is InChI=1S/C12H22N4O2S/c1-10-12(9-13-15-10)19(17,18)14-6-3-11-4-7-16(2)8-5-11/h9,11,14H,3-8H2,1-2H3,(H,13,15). The zero-order chi connectivity index (χ0) is 13.9. The third-order valence-electron chi connectivity index (χ3n) is 3.76. The molecule has 1 aromatic heterocycles. The number of nitrogens with zero attached hydrogens (tertiary/aromatic N) is 2. The smallest absolute Gasteiger partial charge is 0.243 e. The van der Waals surface area contributed by atoms with E-state index < -0.39 is 10.0 Å². The number of aromatic amines is 1. The van der Waals surface area contributed by atoms with Gasteiger partial charge in [0.2, 0.25) is 10.0 Å². The van der Waals surface area contributed by atoms with Crippen LogP contribution < -0.4 is 4.72 Å². The van der Waals surface area contributed by atoms with Gasteiger partial charge >= 0.3 is 0 Å². The van der Waals surface area contributed by atoms with E-state index in [0.717, 1.165) is 32.4 Å². The van der Waals surface area contributed by atoms with Gasteiger partial charge in [0.1, 0.15) is 4.90 Å². The van der Waals surface area contributed by atoms with Crippen LogP contribution in [-0.2, 0) is 10.0 Å². The number of aromatic nitrogens is 2. The Morgan fingerprint density at radius 2 is 2.16 bits per heavy atom. The monoisotopic (exact) mass is 286 g/mol. The summed E-state index contributed by atoms with van der Waals surface area (Å²) in [6, 6.07) is 0. The minimum atomic E-state index is -3.41. The second kappa shape index (κ2) is 6.02. The lowest BCUT2D eigenvalue weighted by Gasteiger charge is -2.28. The third-order valence-corrected chi connectivity index (χ3v) is 5.33. The van der Waals surface area contributed by atoms with Gasteiger partial charge in [-0.3, -0.25) is 5.10 Å². The maximum absolute atomic E-state index is 12.0.